The van der Waals surface area contributed by atoms with Crippen LogP contribution in [0.4, 0.5) is 10.1 Å². The van der Waals surface area contributed by atoms with Crippen LogP contribution < -0.4 is 18.5 Å². The molecule has 0 aromatic heterocycles. The summed E-state index contributed by atoms with van der Waals surface area (Å²) in [6, 6.07) is 15.0. The molecule has 8 heteroatoms. The molecule has 0 unspecified atom stereocenters. The van der Waals surface area contributed by atoms with Gasteiger partial charge in [-0.15, -0.1) is 0 Å². The zero-order valence-corrected chi connectivity index (χ0v) is 19.4. The molecular weight excluding hydrogens is 433 g/mol. The van der Waals surface area contributed by atoms with E-state index in [1.54, 1.807) is 56.3 Å². The van der Waals surface area contributed by atoms with Crippen molar-refractivity contribution in [1.82, 2.24) is 0 Å². The summed E-state index contributed by atoms with van der Waals surface area (Å²) in [7, 11) is 0.426. The number of aryl methyl sites for hydroxylation is 1. The lowest BCUT2D eigenvalue weighted by Gasteiger charge is -2.32. The molecular formula is C24H26FNO5S. The first-order chi connectivity index (χ1) is 15.2. The fraction of sp³-hybridized carbons (Fsp3) is 0.250. The van der Waals surface area contributed by atoms with Gasteiger partial charge in [-0.05, 0) is 74.0 Å². The van der Waals surface area contributed by atoms with Crippen molar-refractivity contribution in [3.63, 3.8) is 0 Å². The number of nitrogens with zero attached hydrogens (tertiary/aromatic N) is 1. The van der Waals surface area contributed by atoms with E-state index in [0.717, 1.165) is 6.07 Å². The molecule has 3 rings (SSSR count). The van der Waals surface area contributed by atoms with Crippen molar-refractivity contribution in [2.45, 2.75) is 24.8 Å². The standard InChI is InChI=1S/C24H26FNO5S/c1-16-6-12-21(15-23(16)25)32(27,28)26(18-7-9-19(29-3)10-8-18)17(2)22-14-20(30-4)11-13-24(22)31-5/h6-15,17H,1-5H3/t17-/m1/s1. The fourth-order valence-corrected chi connectivity index (χ4v) is 5.09. The smallest absolute Gasteiger partial charge is 0.264 e. The molecule has 0 saturated carbocycles. The number of hydrogen-bond donors (Lipinski definition) is 0. The van der Waals surface area contributed by atoms with Crippen LogP contribution in [0.3, 0.4) is 0 Å². The molecule has 170 valence electrons. The number of sulfonamides is 1. The summed E-state index contributed by atoms with van der Waals surface area (Å²) in [4.78, 5) is -0.148. The molecule has 0 spiro atoms. The average molecular weight is 460 g/mol. The highest BCUT2D eigenvalue weighted by Crippen LogP contribution is 2.39. The normalized spacial score (nSPS) is 12.2. The van der Waals surface area contributed by atoms with Gasteiger partial charge in [-0.25, -0.2) is 12.8 Å². The molecule has 0 heterocycles. The summed E-state index contributed by atoms with van der Waals surface area (Å²) < 4.78 is 59.1. The first kappa shape index (κ1) is 23.4. The second-order valence-electron chi connectivity index (χ2n) is 7.19. The Hall–Kier alpha value is -3.26. The minimum absolute atomic E-state index is 0.148. The Morgan fingerprint density at radius 3 is 2.03 bits per heavy atom. The van der Waals surface area contributed by atoms with Crippen LogP contribution >= 0.6 is 0 Å². The number of ether oxygens (including phenoxy) is 3. The molecule has 0 amide bonds. The van der Waals surface area contributed by atoms with E-state index in [1.807, 2.05) is 0 Å². The van der Waals surface area contributed by atoms with Gasteiger partial charge in [0.15, 0.2) is 0 Å². The highest BCUT2D eigenvalue weighted by atomic mass is 32.2. The zero-order chi connectivity index (χ0) is 23.5. The largest absolute Gasteiger partial charge is 0.497 e. The number of methoxy groups -OCH3 is 3. The van der Waals surface area contributed by atoms with E-state index in [4.69, 9.17) is 14.2 Å². The molecule has 0 saturated heterocycles. The van der Waals surface area contributed by atoms with Crippen molar-refractivity contribution in [2.24, 2.45) is 0 Å². The zero-order valence-electron chi connectivity index (χ0n) is 18.6. The van der Waals surface area contributed by atoms with Crippen LogP contribution in [0.5, 0.6) is 17.2 Å². The summed E-state index contributed by atoms with van der Waals surface area (Å²) >= 11 is 0. The van der Waals surface area contributed by atoms with Crippen molar-refractivity contribution in [2.75, 3.05) is 25.6 Å². The maximum absolute atomic E-state index is 14.3. The van der Waals surface area contributed by atoms with Crippen LogP contribution in [0.2, 0.25) is 0 Å². The van der Waals surface area contributed by atoms with E-state index in [1.165, 1.54) is 37.8 Å². The predicted octanol–water partition coefficient (Wildman–Crippen LogP) is 5.12. The van der Waals surface area contributed by atoms with E-state index in [0.29, 0.717) is 34.1 Å². The SMILES string of the molecule is COc1ccc(N([C@H](C)c2cc(OC)ccc2OC)S(=O)(=O)c2ccc(C)c(F)c2)cc1. The quantitative estimate of drug-likeness (QED) is 0.468. The lowest BCUT2D eigenvalue weighted by Crippen LogP contribution is -2.34. The molecule has 0 radical (unpaired) electrons. The Bertz CT molecular complexity index is 1200. The number of benzene rings is 3. The molecule has 0 aliphatic carbocycles. The number of anilines is 1. The first-order valence-corrected chi connectivity index (χ1v) is 11.3. The van der Waals surface area contributed by atoms with Gasteiger partial charge >= 0.3 is 0 Å². The van der Waals surface area contributed by atoms with Gasteiger partial charge in [-0.1, -0.05) is 6.07 Å². The third-order valence-electron chi connectivity index (χ3n) is 5.27. The molecule has 1 atom stereocenters. The molecule has 0 aliphatic heterocycles. The maximum atomic E-state index is 14.3. The molecule has 0 bridgehead atoms. The van der Waals surface area contributed by atoms with Gasteiger partial charge in [0.25, 0.3) is 10.0 Å². The van der Waals surface area contributed by atoms with E-state index >= 15 is 0 Å². The van der Waals surface area contributed by atoms with E-state index in [-0.39, 0.29) is 4.90 Å². The minimum Gasteiger partial charge on any atom is -0.497 e. The van der Waals surface area contributed by atoms with Crippen LogP contribution in [-0.4, -0.2) is 29.7 Å². The summed E-state index contributed by atoms with van der Waals surface area (Å²) in [5, 5.41) is 0. The van der Waals surface area contributed by atoms with Gasteiger partial charge in [-0.2, -0.15) is 0 Å². The van der Waals surface area contributed by atoms with Gasteiger partial charge in [0, 0.05) is 5.56 Å². The van der Waals surface area contributed by atoms with Crippen LogP contribution in [0.15, 0.2) is 65.6 Å². The monoisotopic (exact) mass is 459 g/mol. The molecule has 32 heavy (non-hydrogen) atoms. The molecule has 6 nitrogen and oxygen atoms in total. The third kappa shape index (κ3) is 4.50. The van der Waals surface area contributed by atoms with Gasteiger partial charge in [0.05, 0.1) is 38.0 Å². The van der Waals surface area contributed by atoms with Crippen molar-refractivity contribution >= 4 is 15.7 Å². The van der Waals surface area contributed by atoms with Gasteiger partial charge in [0.1, 0.15) is 23.1 Å². The van der Waals surface area contributed by atoms with Crippen LogP contribution in [0.25, 0.3) is 0 Å². The molecule has 3 aromatic carbocycles. The van der Waals surface area contributed by atoms with Crippen molar-refractivity contribution in [1.29, 1.82) is 0 Å². The number of hydrogen-bond acceptors (Lipinski definition) is 5. The second kappa shape index (κ2) is 9.48. The number of halogens is 1. The number of rotatable bonds is 8. The van der Waals surface area contributed by atoms with Gasteiger partial charge in [-0.3, -0.25) is 4.31 Å². The third-order valence-corrected chi connectivity index (χ3v) is 7.16. The Labute approximate surface area is 188 Å². The Morgan fingerprint density at radius 2 is 1.47 bits per heavy atom. The lowest BCUT2D eigenvalue weighted by atomic mass is 10.1. The van der Waals surface area contributed by atoms with Crippen molar-refractivity contribution in [3.8, 4) is 17.2 Å². The molecule has 0 fully saturated rings. The fourth-order valence-electron chi connectivity index (χ4n) is 3.44. The van der Waals surface area contributed by atoms with E-state index in [9.17, 15) is 12.8 Å². The molecule has 3 aromatic rings. The lowest BCUT2D eigenvalue weighted by molar-refractivity contribution is 0.396. The highest BCUT2D eigenvalue weighted by molar-refractivity contribution is 7.92. The second-order valence-corrected chi connectivity index (χ2v) is 9.01. The summed E-state index contributed by atoms with van der Waals surface area (Å²) in [5.41, 5.74) is 1.35. The van der Waals surface area contributed by atoms with Gasteiger partial charge < -0.3 is 14.2 Å². The molecule has 0 aliphatic rings. The Kier molecular flexibility index (Phi) is 6.93. The van der Waals surface area contributed by atoms with E-state index in [2.05, 4.69) is 0 Å². The minimum atomic E-state index is -4.15. The van der Waals surface area contributed by atoms with E-state index < -0.39 is 21.9 Å². The molecule has 0 N–H and O–H groups in total. The van der Waals surface area contributed by atoms with Crippen molar-refractivity contribution in [3.05, 3.63) is 77.6 Å². The first-order valence-electron chi connectivity index (χ1n) is 9.89. The Morgan fingerprint density at radius 1 is 0.844 bits per heavy atom. The van der Waals surface area contributed by atoms with Crippen molar-refractivity contribution < 1.29 is 27.0 Å². The summed E-state index contributed by atoms with van der Waals surface area (Å²) in [5.74, 6) is 1.05. The van der Waals surface area contributed by atoms with Crippen LogP contribution in [0, 0.1) is 12.7 Å². The van der Waals surface area contributed by atoms with Gasteiger partial charge in [0.2, 0.25) is 0 Å². The van der Waals surface area contributed by atoms with Crippen LogP contribution in [-0.2, 0) is 10.0 Å². The predicted molar refractivity (Wildman–Crippen MR) is 122 cm³/mol. The highest BCUT2D eigenvalue weighted by Gasteiger charge is 2.32. The van der Waals surface area contributed by atoms with Crippen LogP contribution in [0.1, 0.15) is 24.1 Å². The maximum Gasteiger partial charge on any atom is 0.264 e. The Balaban J connectivity index is 2.22. The summed E-state index contributed by atoms with van der Waals surface area (Å²) in [6.45, 7) is 3.32. The average Bonchev–Trinajstić information content (AvgIpc) is 2.80. The summed E-state index contributed by atoms with van der Waals surface area (Å²) in [6.07, 6.45) is 0. The topological polar surface area (TPSA) is 65.1 Å².